The van der Waals surface area contributed by atoms with Crippen LogP contribution in [0.2, 0.25) is 0 Å². The molecule has 1 saturated heterocycles. The van der Waals surface area contributed by atoms with E-state index in [1.807, 2.05) is 11.8 Å². The van der Waals surface area contributed by atoms with Crippen molar-refractivity contribution in [3.63, 3.8) is 0 Å². The summed E-state index contributed by atoms with van der Waals surface area (Å²) in [6.45, 7) is 9.67. The molecule has 0 bridgehead atoms. The van der Waals surface area contributed by atoms with Gasteiger partial charge in [0, 0.05) is 12.0 Å². The number of nitrogens with zero attached hydrogens (tertiary/aromatic N) is 2. The Kier molecular flexibility index (Phi) is 4.98. The quantitative estimate of drug-likeness (QED) is 0.777. The average molecular weight is 391 g/mol. The largest absolute Gasteiger partial charge is 0.369 e. The number of nitrogens with one attached hydrogen (secondary N) is 1. The highest BCUT2D eigenvalue weighted by Crippen LogP contribution is 2.40. The Morgan fingerprint density at radius 3 is 2.63 bits per heavy atom. The van der Waals surface area contributed by atoms with Gasteiger partial charge in [0.2, 0.25) is 0 Å². The summed E-state index contributed by atoms with van der Waals surface area (Å²) in [5, 5.41) is 3.87. The molecule has 2 rings (SSSR count). The monoisotopic (exact) mass is 391 g/mol. The third-order valence-electron chi connectivity index (χ3n) is 3.14. The molecule has 1 aromatic rings. The molecule has 3 nitrogen and oxygen atoms in total. The van der Waals surface area contributed by atoms with E-state index in [-0.39, 0.29) is 5.41 Å². The minimum absolute atomic E-state index is 0.0572. The molecule has 0 amide bonds. The lowest BCUT2D eigenvalue weighted by Crippen LogP contribution is -2.20. The maximum atomic E-state index is 4.89. The Bertz CT molecular complexity index is 451. The van der Waals surface area contributed by atoms with E-state index in [4.69, 9.17) is 9.97 Å². The SMILES string of the molecule is CCNc1nc(C2CCCS2)nc(C(C)(C)C)c1I. The maximum Gasteiger partial charge on any atom is 0.144 e. The van der Waals surface area contributed by atoms with Crippen molar-refractivity contribution < 1.29 is 0 Å². The molecule has 5 heteroatoms. The van der Waals surface area contributed by atoms with Gasteiger partial charge in [-0.2, -0.15) is 11.8 Å². The Balaban J connectivity index is 2.47. The predicted octanol–water partition coefficient (Wildman–Crippen LogP) is 4.38. The molecule has 1 aromatic heterocycles. The molecule has 0 aromatic carbocycles. The van der Waals surface area contributed by atoms with Gasteiger partial charge < -0.3 is 5.32 Å². The normalized spacial score (nSPS) is 19.7. The molecule has 0 spiro atoms. The van der Waals surface area contributed by atoms with Gasteiger partial charge in [-0.25, -0.2) is 9.97 Å². The molecule has 19 heavy (non-hydrogen) atoms. The molecule has 0 radical (unpaired) electrons. The van der Waals surface area contributed by atoms with E-state index in [0.29, 0.717) is 5.25 Å². The summed E-state index contributed by atoms with van der Waals surface area (Å²) in [5.74, 6) is 3.26. The van der Waals surface area contributed by atoms with Crippen LogP contribution in [0.4, 0.5) is 5.82 Å². The van der Waals surface area contributed by atoms with Crippen LogP contribution < -0.4 is 5.32 Å². The third-order valence-corrected chi connectivity index (χ3v) is 5.54. The topological polar surface area (TPSA) is 37.8 Å². The summed E-state index contributed by atoms with van der Waals surface area (Å²) >= 11 is 4.37. The minimum atomic E-state index is 0.0572. The van der Waals surface area contributed by atoms with Gasteiger partial charge in [0.15, 0.2) is 0 Å². The fourth-order valence-electron chi connectivity index (χ4n) is 2.17. The summed E-state index contributed by atoms with van der Waals surface area (Å²) in [4.78, 5) is 9.66. The van der Waals surface area contributed by atoms with Crippen molar-refractivity contribution in [1.29, 1.82) is 0 Å². The van der Waals surface area contributed by atoms with Crippen molar-refractivity contribution in [2.75, 3.05) is 17.6 Å². The summed E-state index contributed by atoms with van der Waals surface area (Å²) < 4.78 is 1.17. The lowest BCUT2D eigenvalue weighted by Gasteiger charge is -2.23. The van der Waals surface area contributed by atoms with Crippen molar-refractivity contribution >= 4 is 40.2 Å². The van der Waals surface area contributed by atoms with Crippen molar-refractivity contribution in [2.24, 2.45) is 0 Å². The van der Waals surface area contributed by atoms with Crippen LogP contribution in [-0.2, 0) is 5.41 Å². The number of thioether (sulfide) groups is 1. The number of hydrogen-bond donors (Lipinski definition) is 1. The Morgan fingerprint density at radius 2 is 2.11 bits per heavy atom. The number of aromatic nitrogens is 2. The van der Waals surface area contributed by atoms with Gasteiger partial charge in [-0.1, -0.05) is 20.8 Å². The molecule has 1 unspecified atom stereocenters. The van der Waals surface area contributed by atoms with E-state index in [9.17, 15) is 0 Å². The smallest absolute Gasteiger partial charge is 0.144 e. The summed E-state index contributed by atoms with van der Waals surface area (Å²) in [6.07, 6.45) is 2.49. The molecule has 1 aliphatic rings. The van der Waals surface area contributed by atoms with Crippen LogP contribution in [0.25, 0.3) is 0 Å². The summed E-state index contributed by atoms with van der Waals surface area (Å²) in [6, 6.07) is 0. The van der Waals surface area contributed by atoms with Gasteiger partial charge in [-0.3, -0.25) is 0 Å². The Hall–Kier alpha value is -0.0400. The maximum absolute atomic E-state index is 4.89. The molecule has 1 atom stereocenters. The first-order valence-corrected chi connectivity index (χ1v) is 8.99. The van der Waals surface area contributed by atoms with Crippen LogP contribution in [0.5, 0.6) is 0 Å². The highest BCUT2D eigenvalue weighted by atomic mass is 127. The Labute approximate surface area is 133 Å². The van der Waals surface area contributed by atoms with Crippen molar-refractivity contribution in [3.05, 3.63) is 15.1 Å². The Morgan fingerprint density at radius 1 is 1.37 bits per heavy atom. The van der Waals surface area contributed by atoms with Crippen molar-refractivity contribution in [1.82, 2.24) is 9.97 Å². The fourth-order valence-corrected chi connectivity index (χ4v) is 4.62. The van der Waals surface area contributed by atoms with Gasteiger partial charge in [0.05, 0.1) is 14.5 Å². The molecule has 2 heterocycles. The molecule has 1 aliphatic heterocycles. The molecule has 0 aliphatic carbocycles. The van der Waals surface area contributed by atoms with Gasteiger partial charge >= 0.3 is 0 Å². The van der Waals surface area contributed by atoms with Crippen LogP contribution >= 0.6 is 34.4 Å². The van der Waals surface area contributed by atoms with Crippen LogP contribution in [0.1, 0.15) is 57.3 Å². The van der Waals surface area contributed by atoms with E-state index in [0.717, 1.165) is 18.2 Å². The summed E-state index contributed by atoms with van der Waals surface area (Å²) in [5.41, 5.74) is 1.23. The molecular formula is C14H22IN3S. The van der Waals surface area contributed by atoms with E-state index >= 15 is 0 Å². The van der Waals surface area contributed by atoms with Crippen LogP contribution in [0, 0.1) is 3.57 Å². The van der Waals surface area contributed by atoms with Gasteiger partial charge in [0.1, 0.15) is 11.6 Å². The van der Waals surface area contributed by atoms with E-state index < -0.39 is 0 Å². The molecule has 1 N–H and O–H groups in total. The molecule has 1 fully saturated rings. The van der Waals surface area contributed by atoms with Crippen molar-refractivity contribution in [2.45, 2.75) is 51.2 Å². The number of anilines is 1. The molecular weight excluding hydrogens is 369 g/mol. The number of halogens is 1. The molecule has 106 valence electrons. The van der Waals surface area contributed by atoms with Gasteiger partial charge in [0.25, 0.3) is 0 Å². The molecule has 0 saturated carbocycles. The second-order valence-electron chi connectivity index (χ2n) is 5.87. The zero-order valence-electron chi connectivity index (χ0n) is 12.1. The first kappa shape index (κ1) is 15.4. The zero-order valence-corrected chi connectivity index (χ0v) is 15.1. The van der Waals surface area contributed by atoms with E-state index in [1.54, 1.807) is 0 Å². The predicted molar refractivity (Wildman–Crippen MR) is 92.0 cm³/mol. The van der Waals surface area contributed by atoms with Crippen molar-refractivity contribution in [3.8, 4) is 0 Å². The third kappa shape index (κ3) is 3.54. The highest BCUT2D eigenvalue weighted by Gasteiger charge is 2.27. The fraction of sp³-hybridized carbons (Fsp3) is 0.714. The highest BCUT2D eigenvalue weighted by molar-refractivity contribution is 14.1. The second kappa shape index (κ2) is 6.16. The average Bonchev–Trinajstić information content (AvgIpc) is 2.84. The van der Waals surface area contributed by atoms with Gasteiger partial charge in [-0.05, 0) is 48.1 Å². The van der Waals surface area contributed by atoms with Crippen LogP contribution in [0.15, 0.2) is 0 Å². The standard InChI is InChI=1S/C14H22IN3S/c1-5-16-13-10(15)11(14(2,3)4)17-12(18-13)9-7-6-8-19-9/h9H,5-8H2,1-4H3,(H,16,17,18). The minimum Gasteiger partial charge on any atom is -0.369 e. The summed E-state index contributed by atoms with van der Waals surface area (Å²) in [7, 11) is 0. The van der Waals surface area contributed by atoms with Crippen LogP contribution in [-0.4, -0.2) is 22.3 Å². The lowest BCUT2D eigenvalue weighted by atomic mass is 9.92. The van der Waals surface area contributed by atoms with E-state index in [2.05, 4.69) is 55.6 Å². The van der Waals surface area contributed by atoms with Gasteiger partial charge in [-0.15, -0.1) is 0 Å². The van der Waals surface area contributed by atoms with Crippen LogP contribution in [0.3, 0.4) is 0 Å². The number of hydrogen-bond acceptors (Lipinski definition) is 4. The first-order chi connectivity index (χ1) is 8.93. The number of rotatable bonds is 3. The first-order valence-electron chi connectivity index (χ1n) is 6.87. The zero-order chi connectivity index (χ0) is 14.0. The second-order valence-corrected chi connectivity index (χ2v) is 8.26. The lowest BCUT2D eigenvalue weighted by molar-refractivity contribution is 0.556. The van der Waals surface area contributed by atoms with E-state index in [1.165, 1.54) is 27.9 Å².